The van der Waals surface area contributed by atoms with Gasteiger partial charge in [-0.1, -0.05) is 18.7 Å². The van der Waals surface area contributed by atoms with Gasteiger partial charge in [0.25, 0.3) is 0 Å². The highest BCUT2D eigenvalue weighted by Gasteiger charge is 2.46. The Hall–Kier alpha value is -3.39. The second-order valence-electron chi connectivity index (χ2n) is 8.34. The maximum atomic E-state index is 14.9. The Morgan fingerprint density at radius 2 is 2.13 bits per heavy atom. The fraction of sp³-hybridized carbons (Fsp3) is 0.261. The third-order valence-corrected chi connectivity index (χ3v) is 6.05. The zero-order valence-corrected chi connectivity index (χ0v) is 16.8. The summed E-state index contributed by atoms with van der Waals surface area (Å²) in [5.41, 5.74) is 2.36. The molecule has 3 aromatic rings. The summed E-state index contributed by atoms with van der Waals surface area (Å²) < 4.78 is 29.4. The molecule has 4 heterocycles. The fourth-order valence-electron chi connectivity index (χ4n) is 4.40. The molecule has 2 aliphatic heterocycles. The molecule has 158 valence electrons. The monoisotopic (exact) mass is 421 g/mol. The van der Waals surface area contributed by atoms with E-state index in [1.54, 1.807) is 24.3 Å². The van der Waals surface area contributed by atoms with Gasteiger partial charge in [0.1, 0.15) is 11.9 Å². The number of aromatic nitrogens is 4. The van der Waals surface area contributed by atoms with Gasteiger partial charge in [0, 0.05) is 23.1 Å². The lowest BCUT2D eigenvalue weighted by atomic mass is 9.78. The molecule has 0 radical (unpaired) electrons. The molecule has 1 aromatic carbocycles. The lowest BCUT2D eigenvalue weighted by molar-refractivity contribution is 0.146. The summed E-state index contributed by atoms with van der Waals surface area (Å²) in [7, 11) is 0. The topological polar surface area (TPSA) is 75.9 Å². The van der Waals surface area contributed by atoms with Gasteiger partial charge in [-0.3, -0.25) is 5.32 Å². The number of benzene rings is 1. The second kappa shape index (κ2) is 7.09. The van der Waals surface area contributed by atoms with Gasteiger partial charge in [0.15, 0.2) is 5.82 Å². The first kappa shape index (κ1) is 19.6. The number of phenolic OH excluding ortho intramolecular Hbond substituents is 1. The number of halogens is 2. The third kappa shape index (κ3) is 3.42. The zero-order chi connectivity index (χ0) is 21.8. The van der Waals surface area contributed by atoms with E-state index in [-0.39, 0.29) is 23.2 Å². The number of phenols is 1. The normalized spacial score (nSPS) is 26.9. The molecule has 31 heavy (non-hydrogen) atoms. The van der Waals surface area contributed by atoms with Crippen molar-refractivity contribution in [3.8, 4) is 22.7 Å². The Morgan fingerprint density at radius 3 is 2.81 bits per heavy atom. The summed E-state index contributed by atoms with van der Waals surface area (Å²) in [6.45, 7) is 6.16. The van der Waals surface area contributed by atoms with E-state index in [9.17, 15) is 13.9 Å². The molecule has 0 unspecified atom stereocenters. The van der Waals surface area contributed by atoms with Crippen LogP contribution in [0.3, 0.4) is 0 Å². The standard InChI is InChI=1S/C23H21F2N5O/c1-13(17-10-23(2)8-7-20(27-23)22(17)25)18-5-6-19(29-28-18)16-4-3-15(9-21(16)31)30-12-14(24)11-26-30/h3-9,11-12,17,20,22,27,31H,1,10H2,2H3/t17-,20-,22+,23+/m1/s1. The third-order valence-electron chi connectivity index (χ3n) is 6.05. The van der Waals surface area contributed by atoms with Crippen molar-refractivity contribution >= 4 is 5.57 Å². The van der Waals surface area contributed by atoms with E-state index in [4.69, 9.17) is 0 Å². The maximum Gasteiger partial charge on any atom is 0.161 e. The van der Waals surface area contributed by atoms with Gasteiger partial charge in [-0.05, 0) is 43.2 Å². The Bertz CT molecular complexity index is 1190. The Morgan fingerprint density at radius 1 is 1.29 bits per heavy atom. The molecule has 0 amide bonds. The highest BCUT2D eigenvalue weighted by Crippen LogP contribution is 2.41. The minimum atomic E-state index is -1.08. The van der Waals surface area contributed by atoms with Crippen molar-refractivity contribution in [3.05, 3.63) is 73.0 Å². The van der Waals surface area contributed by atoms with Crippen LogP contribution in [0.5, 0.6) is 5.75 Å². The molecule has 1 fully saturated rings. The number of alkyl halides is 1. The molecule has 1 saturated heterocycles. The van der Waals surface area contributed by atoms with Crippen molar-refractivity contribution in [2.75, 3.05) is 0 Å². The first-order valence-electron chi connectivity index (χ1n) is 10.0. The summed E-state index contributed by atoms with van der Waals surface area (Å²) in [5, 5.41) is 26.1. The Kier molecular flexibility index (Phi) is 4.48. The lowest BCUT2D eigenvalue weighted by Crippen LogP contribution is -2.54. The summed E-state index contributed by atoms with van der Waals surface area (Å²) in [4.78, 5) is 0. The average molecular weight is 421 g/mol. The van der Waals surface area contributed by atoms with Gasteiger partial charge in [-0.2, -0.15) is 10.2 Å². The molecule has 0 aliphatic carbocycles. The number of aromatic hydroxyl groups is 1. The minimum absolute atomic E-state index is 0.0352. The van der Waals surface area contributed by atoms with E-state index in [1.165, 1.54) is 16.9 Å². The highest BCUT2D eigenvalue weighted by atomic mass is 19.1. The van der Waals surface area contributed by atoms with Crippen LogP contribution in [0.1, 0.15) is 19.0 Å². The number of fused-ring (bicyclic) bond motifs is 2. The largest absolute Gasteiger partial charge is 0.507 e. The van der Waals surface area contributed by atoms with Crippen molar-refractivity contribution in [3.63, 3.8) is 0 Å². The van der Waals surface area contributed by atoms with Crippen LogP contribution in [0.2, 0.25) is 0 Å². The number of allylic oxidation sites excluding steroid dienone is 1. The van der Waals surface area contributed by atoms with Gasteiger partial charge in [0.2, 0.25) is 0 Å². The number of piperidine rings is 1. The summed E-state index contributed by atoms with van der Waals surface area (Å²) in [6.07, 6.45) is 5.74. The fourth-order valence-corrected chi connectivity index (χ4v) is 4.40. The van der Waals surface area contributed by atoms with E-state index >= 15 is 0 Å². The zero-order valence-electron chi connectivity index (χ0n) is 16.8. The van der Waals surface area contributed by atoms with Crippen LogP contribution in [0.25, 0.3) is 22.5 Å². The van der Waals surface area contributed by atoms with E-state index in [0.717, 1.165) is 6.20 Å². The SMILES string of the molecule is C=C(c1ccc(-c2ccc(-n3cc(F)cn3)cc2O)nn1)[C@H]1C[C@]2(C)C=C[C@@H](N2)[C@H]1F. The van der Waals surface area contributed by atoms with Crippen LogP contribution in [0.15, 0.2) is 61.5 Å². The predicted octanol–water partition coefficient (Wildman–Crippen LogP) is 3.83. The maximum absolute atomic E-state index is 14.9. The first-order valence-corrected chi connectivity index (χ1v) is 10.0. The summed E-state index contributed by atoms with van der Waals surface area (Å²) in [6, 6.07) is 7.99. The molecule has 4 atom stereocenters. The number of hydrogen-bond donors (Lipinski definition) is 2. The molecule has 2 aliphatic rings. The number of nitrogens with zero attached hydrogens (tertiary/aromatic N) is 4. The molecule has 2 N–H and O–H groups in total. The second-order valence-corrected chi connectivity index (χ2v) is 8.34. The molecule has 0 spiro atoms. The van der Waals surface area contributed by atoms with E-state index < -0.39 is 12.0 Å². The summed E-state index contributed by atoms with van der Waals surface area (Å²) in [5.74, 6) is -0.854. The van der Waals surface area contributed by atoms with Crippen LogP contribution in [-0.4, -0.2) is 42.8 Å². The predicted molar refractivity (Wildman–Crippen MR) is 113 cm³/mol. The van der Waals surface area contributed by atoms with Gasteiger partial charge in [0.05, 0.1) is 35.5 Å². The molecule has 0 saturated carbocycles. The van der Waals surface area contributed by atoms with E-state index in [1.807, 2.05) is 12.2 Å². The van der Waals surface area contributed by atoms with Crippen molar-refractivity contribution in [1.29, 1.82) is 0 Å². The van der Waals surface area contributed by atoms with Crippen LogP contribution >= 0.6 is 0 Å². The Labute approximate surface area is 177 Å². The van der Waals surface area contributed by atoms with Crippen LogP contribution in [0, 0.1) is 11.7 Å². The molecule has 5 rings (SSSR count). The number of nitrogens with one attached hydrogen (secondary N) is 1. The van der Waals surface area contributed by atoms with Crippen molar-refractivity contribution < 1.29 is 13.9 Å². The van der Waals surface area contributed by atoms with Gasteiger partial charge in [-0.25, -0.2) is 13.5 Å². The van der Waals surface area contributed by atoms with Crippen LogP contribution in [-0.2, 0) is 0 Å². The lowest BCUT2D eigenvalue weighted by Gasteiger charge is -2.39. The highest BCUT2D eigenvalue weighted by molar-refractivity contribution is 5.70. The molecule has 2 bridgehead atoms. The minimum Gasteiger partial charge on any atom is -0.507 e. The smallest absolute Gasteiger partial charge is 0.161 e. The van der Waals surface area contributed by atoms with Crippen LogP contribution < -0.4 is 5.32 Å². The molecular weight excluding hydrogens is 400 g/mol. The van der Waals surface area contributed by atoms with Crippen molar-refractivity contribution in [2.24, 2.45) is 5.92 Å². The van der Waals surface area contributed by atoms with Crippen molar-refractivity contribution in [2.45, 2.75) is 31.1 Å². The number of rotatable bonds is 4. The van der Waals surface area contributed by atoms with Crippen molar-refractivity contribution in [1.82, 2.24) is 25.3 Å². The van der Waals surface area contributed by atoms with Crippen LogP contribution in [0.4, 0.5) is 8.78 Å². The van der Waals surface area contributed by atoms with E-state index in [0.29, 0.717) is 34.6 Å². The summed E-state index contributed by atoms with van der Waals surface area (Å²) >= 11 is 0. The Balaban J connectivity index is 1.37. The first-order chi connectivity index (χ1) is 14.8. The van der Waals surface area contributed by atoms with E-state index in [2.05, 4.69) is 34.1 Å². The quantitative estimate of drug-likeness (QED) is 0.626. The van der Waals surface area contributed by atoms with Gasteiger partial charge < -0.3 is 5.11 Å². The van der Waals surface area contributed by atoms with Gasteiger partial charge >= 0.3 is 0 Å². The average Bonchev–Trinajstić information content (AvgIpc) is 3.34. The molecule has 6 nitrogen and oxygen atoms in total. The van der Waals surface area contributed by atoms with Gasteiger partial charge in [-0.15, -0.1) is 5.10 Å². The molecular formula is C23H21F2N5O. The number of hydrogen-bond acceptors (Lipinski definition) is 5. The molecule has 2 aromatic heterocycles. The molecule has 8 heteroatoms.